The second-order valence-electron chi connectivity index (χ2n) is 3.93. The fourth-order valence-electron chi connectivity index (χ4n) is 1.85. The second kappa shape index (κ2) is 4.60. The van der Waals surface area contributed by atoms with E-state index >= 15 is 0 Å². The smallest absolute Gasteiger partial charge is 0.137 e. The lowest BCUT2D eigenvalue weighted by atomic mass is 10.2. The summed E-state index contributed by atoms with van der Waals surface area (Å²) in [6, 6.07) is 5.04. The molecule has 1 aliphatic rings. The number of hydrogen-bond donors (Lipinski definition) is 1. The van der Waals surface area contributed by atoms with Gasteiger partial charge in [0.2, 0.25) is 0 Å². The molecule has 1 aromatic carbocycles. The van der Waals surface area contributed by atoms with E-state index in [4.69, 9.17) is 0 Å². The van der Waals surface area contributed by atoms with Crippen LogP contribution in [0.25, 0.3) is 0 Å². The molecule has 0 aliphatic carbocycles. The van der Waals surface area contributed by atoms with Crippen LogP contribution in [-0.4, -0.2) is 29.2 Å². The van der Waals surface area contributed by atoms with Gasteiger partial charge in [0.15, 0.2) is 0 Å². The minimum Gasteiger partial charge on any atom is -0.392 e. The Balaban J connectivity index is 2.02. The molecular weight excluding hydrogens is 261 g/mol. The molecule has 2 nitrogen and oxygen atoms in total. The van der Waals surface area contributed by atoms with Crippen LogP contribution in [0.3, 0.4) is 0 Å². The van der Waals surface area contributed by atoms with E-state index in [1.54, 1.807) is 12.1 Å². The summed E-state index contributed by atoms with van der Waals surface area (Å²) in [7, 11) is 0. The molecule has 1 heterocycles. The molecule has 1 aromatic rings. The predicted molar refractivity (Wildman–Crippen MR) is 60.0 cm³/mol. The third kappa shape index (κ3) is 2.77. The predicted octanol–water partition coefficient (Wildman–Crippen LogP) is 2.15. The third-order valence-electron chi connectivity index (χ3n) is 2.64. The molecule has 0 aromatic heterocycles. The molecule has 1 saturated heterocycles. The zero-order valence-corrected chi connectivity index (χ0v) is 9.87. The molecule has 15 heavy (non-hydrogen) atoms. The fourth-order valence-corrected chi connectivity index (χ4v) is 2.28. The molecule has 0 spiro atoms. The molecule has 2 rings (SSSR count). The topological polar surface area (TPSA) is 23.5 Å². The molecule has 1 unspecified atom stereocenters. The van der Waals surface area contributed by atoms with Gasteiger partial charge in [0.05, 0.1) is 10.6 Å². The van der Waals surface area contributed by atoms with Crippen LogP contribution < -0.4 is 0 Å². The van der Waals surface area contributed by atoms with Crippen LogP contribution in [0.1, 0.15) is 12.0 Å². The van der Waals surface area contributed by atoms with Gasteiger partial charge in [-0.3, -0.25) is 4.90 Å². The van der Waals surface area contributed by atoms with E-state index in [-0.39, 0.29) is 11.9 Å². The molecular formula is C11H13BrFNO. The van der Waals surface area contributed by atoms with Crippen LogP contribution in [0.5, 0.6) is 0 Å². The van der Waals surface area contributed by atoms with Gasteiger partial charge < -0.3 is 5.11 Å². The summed E-state index contributed by atoms with van der Waals surface area (Å²) in [4.78, 5) is 2.17. The number of aliphatic hydroxyl groups excluding tert-OH is 1. The first-order valence-corrected chi connectivity index (χ1v) is 5.79. The molecule has 82 valence electrons. The molecule has 0 amide bonds. The van der Waals surface area contributed by atoms with Gasteiger partial charge in [-0.25, -0.2) is 4.39 Å². The zero-order valence-electron chi connectivity index (χ0n) is 8.29. The van der Waals surface area contributed by atoms with E-state index in [0.717, 1.165) is 31.6 Å². The van der Waals surface area contributed by atoms with Crippen LogP contribution >= 0.6 is 15.9 Å². The number of rotatable bonds is 2. The standard InChI is InChI=1S/C11H13BrFNO/c12-10-5-8(1-2-11(10)13)6-14-4-3-9(15)7-14/h1-2,5,9,15H,3-4,6-7H2. The molecule has 0 saturated carbocycles. The van der Waals surface area contributed by atoms with Gasteiger partial charge >= 0.3 is 0 Å². The number of likely N-dealkylation sites (tertiary alicyclic amines) is 1. The summed E-state index contributed by atoms with van der Waals surface area (Å²) in [5.74, 6) is -0.236. The molecule has 1 aliphatic heterocycles. The highest BCUT2D eigenvalue weighted by molar-refractivity contribution is 9.10. The summed E-state index contributed by atoms with van der Waals surface area (Å²) in [6.45, 7) is 2.40. The minimum atomic E-state index is -0.236. The first-order chi connectivity index (χ1) is 7.15. The Morgan fingerprint density at radius 3 is 2.93 bits per heavy atom. The van der Waals surface area contributed by atoms with Crippen molar-refractivity contribution < 1.29 is 9.50 Å². The first kappa shape index (κ1) is 11.0. The van der Waals surface area contributed by atoms with Gasteiger partial charge in [0.25, 0.3) is 0 Å². The number of β-amino-alcohol motifs (C(OH)–C–C–N with tert-alkyl or cyclic N) is 1. The van der Waals surface area contributed by atoms with Gasteiger partial charge in [-0.2, -0.15) is 0 Å². The zero-order chi connectivity index (χ0) is 10.8. The molecule has 1 atom stereocenters. The number of hydrogen-bond acceptors (Lipinski definition) is 2. The van der Waals surface area contributed by atoms with Crippen molar-refractivity contribution in [1.29, 1.82) is 0 Å². The van der Waals surface area contributed by atoms with Crippen LogP contribution in [0.4, 0.5) is 4.39 Å². The molecule has 4 heteroatoms. The van der Waals surface area contributed by atoms with Crippen molar-refractivity contribution in [2.45, 2.75) is 19.1 Å². The van der Waals surface area contributed by atoms with Crippen molar-refractivity contribution in [3.8, 4) is 0 Å². The fraction of sp³-hybridized carbons (Fsp3) is 0.455. The first-order valence-electron chi connectivity index (χ1n) is 4.99. The van der Waals surface area contributed by atoms with Crippen molar-refractivity contribution >= 4 is 15.9 Å². The van der Waals surface area contributed by atoms with Crippen molar-refractivity contribution in [3.05, 3.63) is 34.1 Å². The Kier molecular flexibility index (Phi) is 3.38. The van der Waals surface area contributed by atoms with E-state index in [9.17, 15) is 9.50 Å². The van der Waals surface area contributed by atoms with Crippen LogP contribution in [0.15, 0.2) is 22.7 Å². The monoisotopic (exact) mass is 273 g/mol. The highest BCUT2D eigenvalue weighted by Gasteiger charge is 2.19. The largest absolute Gasteiger partial charge is 0.392 e. The van der Waals surface area contributed by atoms with Gasteiger partial charge in [-0.1, -0.05) is 6.07 Å². The minimum absolute atomic E-state index is 0.200. The van der Waals surface area contributed by atoms with Crippen LogP contribution in [0, 0.1) is 5.82 Å². The molecule has 1 N–H and O–H groups in total. The van der Waals surface area contributed by atoms with Crippen molar-refractivity contribution in [2.75, 3.05) is 13.1 Å². The Morgan fingerprint density at radius 2 is 2.33 bits per heavy atom. The Morgan fingerprint density at radius 1 is 1.53 bits per heavy atom. The van der Waals surface area contributed by atoms with E-state index in [0.29, 0.717) is 4.47 Å². The Hall–Kier alpha value is -0.450. The Bertz CT molecular complexity index is 358. The van der Waals surface area contributed by atoms with E-state index in [1.807, 2.05) is 0 Å². The van der Waals surface area contributed by atoms with Gasteiger partial charge in [0.1, 0.15) is 5.82 Å². The van der Waals surface area contributed by atoms with Crippen molar-refractivity contribution in [1.82, 2.24) is 4.90 Å². The lowest BCUT2D eigenvalue weighted by Crippen LogP contribution is -2.21. The highest BCUT2D eigenvalue weighted by atomic mass is 79.9. The maximum atomic E-state index is 13.0. The average molecular weight is 274 g/mol. The van der Waals surface area contributed by atoms with Crippen molar-refractivity contribution in [2.24, 2.45) is 0 Å². The third-order valence-corrected chi connectivity index (χ3v) is 3.25. The van der Waals surface area contributed by atoms with Gasteiger partial charge in [-0.05, 0) is 40.0 Å². The number of nitrogens with zero attached hydrogens (tertiary/aromatic N) is 1. The molecule has 1 fully saturated rings. The quantitative estimate of drug-likeness (QED) is 0.893. The van der Waals surface area contributed by atoms with E-state index in [1.165, 1.54) is 6.07 Å². The summed E-state index contributed by atoms with van der Waals surface area (Å²) in [5.41, 5.74) is 1.07. The average Bonchev–Trinajstić information content (AvgIpc) is 2.58. The Labute approximate surface area is 96.8 Å². The molecule has 0 radical (unpaired) electrons. The number of halogens is 2. The van der Waals surface area contributed by atoms with Gasteiger partial charge in [-0.15, -0.1) is 0 Å². The van der Waals surface area contributed by atoms with Crippen LogP contribution in [0.2, 0.25) is 0 Å². The normalized spacial score (nSPS) is 22.2. The van der Waals surface area contributed by atoms with Crippen molar-refractivity contribution in [3.63, 3.8) is 0 Å². The maximum Gasteiger partial charge on any atom is 0.137 e. The number of aliphatic hydroxyl groups is 1. The second-order valence-corrected chi connectivity index (χ2v) is 4.78. The van der Waals surface area contributed by atoms with E-state index < -0.39 is 0 Å². The summed E-state index contributed by atoms with van der Waals surface area (Å²) >= 11 is 3.16. The van der Waals surface area contributed by atoms with Gasteiger partial charge in [0, 0.05) is 19.6 Å². The molecule has 0 bridgehead atoms. The van der Waals surface area contributed by atoms with E-state index in [2.05, 4.69) is 20.8 Å². The maximum absolute atomic E-state index is 13.0. The summed E-state index contributed by atoms with van der Waals surface area (Å²) in [5, 5.41) is 9.37. The number of benzene rings is 1. The lowest BCUT2D eigenvalue weighted by molar-refractivity contribution is 0.175. The summed E-state index contributed by atoms with van der Waals surface area (Å²) in [6.07, 6.45) is 0.636. The summed E-state index contributed by atoms with van der Waals surface area (Å²) < 4.78 is 13.5. The van der Waals surface area contributed by atoms with Crippen LogP contribution in [-0.2, 0) is 6.54 Å². The lowest BCUT2D eigenvalue weighted by Gasteiger charge is -2.14. The SMILES string of the molecule is OC1CCN(Cc2ccc(F)c(Br)c2)C1. The highest BCUT2D eigenvalue weighted by Crippen LogP contribution is 2.19.